The molecule has 1 heterocycles. The van der Waals surface area contributed by atoms with Crippen molar-refractivity contribution in [3.63, 3.8) is 0 Å². The maximum atomic E-state index is 12.1. The number of nitriles is 1. The first-order valence-electron chi connectivity index (χ1n) is 9.46. The standard InChI is InChI=1S/C20H32N2OS/c1-4-6-7-8-9-10-11-12-13-14-19(23)22-20-18(15-21)17(5-2)16(3)24-20/h4-14H2,1-3H3,(H,22,23). The summed E-state index contributed by atoms with van der Waals surface area (Å²) in [4.78, 5) is 13.2. The molecule has 3 nitrogen and oxygen atoms in total. The number of rotatable bonds is 12. The van der Waals surface area contributed by atoms with E-state index in [0.717, 1.165) is 34.7 Å². The van der Waals surface area contributed by atoms with E-state index < -0.39 is 0 Å². The van der Waals surface area contributed by atoms with Crippen molar-refractivity contribution in [3.8, 4) is 6.07 Å². The summed E-state index contributed by atoms with van der Waals surface area (Å²) in [6, 6.07) is 2.24. The van der Waals surface area contributed by atoms with Crippen LogP contribution in [0.15, 0.2) is 0 Å². The number of nitrogens with zero attached hydrogens (tertiary/aromatic N) is 1. The Hall–Kier alpha value is -1.34. The second kappa shape index (κ2) is 12.1. The van der Waals surface area contributed by atoms with E-state index in [-0.39, 0.29) is 5.91 Å². The lowest BCUT2D eigenvalue weighted by molar-refractivity contribution is -0.116. The monoisotopic (exact) mass is 348 g/mol. The zero-order valence-corrected chi connectivity index (χ0v) is 16.4. The lowest BCUT2D eigenvalue weighted by Crippen LogP contribution is -2.11. The minimum atomic E-state index is 0.0401. The molecule has 0 spiro atoms. The van der Waals surface area contributed by atoms with Crippen LogP contribution in [0.2, 0.25) is 0 Å². The third-order valence-corrected chi connectivity index (χ3v) is 5.50. The van der Waals surface area contributed by atoms with Gasteiger partial charge >= 0.3 is 0 Å². The Bertz CT molecular complexity index is 543. The number of unbranched alkanes of at least 4 members (excludes halogenated alkanes) is 8. The van der Waals surface area contributed by atoms with Crippen LogP contribution >= 0.6 is 11.3 Å². The van der Waals surface area contributed by atoms with Gasteiger partial charge in [0, 0.05) is 11.3 Å². The summed E-state index contributed by atoms with van der Waals surface area (Å²) >= 11 is 1.52. The van der Waals surface area contributed by atoms with Gasteiger partial charge in [0.1, 0.15) is 11.1 Å². The molecule has 0 atom stereocenters. The van der Waals surface area contributed by atoms with Crippen LogP contribution in [0.1, 0.15) is 94.1 Å². The van der Waals surface area contributed by atoms with Gasteiger partial charge in [0.25, 0.3) is 0 Å². The van der Waals surface area contributed by atoms with E-state index in [1.54, 1.807) is 0 Å². The Balaban J connectivity index is 2.22. The SMILES string of the molecule is CCCCCCCCCCCC(=O)Nc1sc(C)c(CC)c1C#N. The highest BCUT2D eigenvalue weighted by Gasteiger charge is 2.15. The zero-order chi connectivity index (χ0) is 17.8. The molecule has 0 radical (unpaired) electrons. The lowest BCUT2D eigenvalue weighted by atomic mass is 10.1. The van der Waals surface area contributed by atoms with Crippen molar-refractivity contribution < 1.29 is 4.79 Å². The summed E-state index contributed by atoms with van der Waals surface area (Å²) in [6.07, 6.45) is 12.6. The molecule has 0 unspecified atom stereocenters. The van der Waals surface area contributed by atoms with Gasteiger partial charge in [-0.05, 0) is 25.3 Å². The first-order chi connectivity index (χ1) is 11.6. The van der Waals surface area contributed by atoms with E-state index in [0.29, 0.717) is 12.0 Å². The molecule has 1 N–H and O–H groups in total. The number of hydrogen-bond donors (Lipinski definition) is 1. The van der Waals surface area contributed by atoms with Gasteiger partial charge in [-0.3, -0.25) is 4.79 Å². The van der Waals surface area contributed by atoms with Crippen LogP contribution in [0.4, 0.5) is 5.00 Å². The maximum Gasteiger partial charge on any atom is 0.225 e. The van der Waals surface area contributed by atoms with Crippen LogP contribution in [0, 0.1) is 18.3 Å². The molecule has 0 fully saturated rings. The van der Waals surface area contributed by atoms with E-state index in [1.165, 1.54) is 56.3 Å². The molecular weight excluding hydrogens is 316 g/mol. The molecule has 0 saturated carbocycles. The van der Waals surface area contributed by atoms with Gasteiger partial charge in [0.15, 0.2) is 0 Å². The Kier molecular flexibility index (Phi) is 10.4. The number of nitrogens with one attached hydrogen (secondary N) is 1. The van der Waals surface area contributed by atoms with Crippen LogP contribution in [-0.2, 0) is 11.2 Å². The van der Waals surface area contributed by atoms with Crippen molar-refractivity contribution in [2.75, 3.05) is 5.32 Å². The molecule has 134 valence electrons. The molecule has 0 aliphatic heterocycles. The second-order valence-corrected chi connectivity index (χ2v) is 7.66. The van der Waals surface area contributed by atoms with Gasteiger partial charge in [-0.2, -0.15) is 5.26 Å². The third kappa shape index (κ3) is 7.05. The number of hydrogen-bond acceptors (Lipinski definition) is 3. The van der Waals surface area contributed by atoms with Gasteiger partial charge in [-0.15, -0.1) is 11.3 Å². The zero-order valence-electron chi connectivity index (χ0n) is 15.5. The van der Waals surface area contributed by atoms with E-state index in [2.05, 4.69) is 18.3 Å². The molecule has 4 heteroatoms. The number of thiophene rings is 1. The van der Waals surface area contributed by atoms with Gasteiger partial charge in [-0.1, -0.05) is 65.2 Å². The first-order valence-corrected chi connectivity index (χ1v) is 10.3. The molecule has 24 heavy (non-hydrogen) atoms. The largest absolute Gasteiger partial charge is 0.317 e. The second-order valence-electron chi connectivity index (χ2n) is 6.43. The summed E-state index contributed by atoms with van der Waals surface area (Å²) in [5.74, 6) is 0.0401. The fourth-order valence-electron chi connectivity index (χ4n) is 3.00. The predicted molar refractivity (Wildman–Crippen MR) is 104 cm³/mol. The number of aryl methyl sites for hydroxylation is 1. The molecule has 0 aliphatic rings. The number of carbonyl (C=O) groups is 1. The van der Waals surface area contributed by atoms with Crippen LogP contribution < -0.4 is 5.32 Å². The molecule has 1 aromatic heterocycles. The summed E-state index contributed by atoms with van der Waals surface area (Å²) in [6.45, 7) is 6.30. The summed E-state index contributed by atoms with van der Waals surface area (Å²) in [7, 11) is 0. The molecule has 1 amide bonds. The minimum Gasteiger partial charge on any atom is -0.317 e. The fraction of sp³-hybridized carbons (Fsp3) is 0.700. The van der Waals surface area contributed by atoms with Crippen LogP contribution in [0.5, 0.6) is 0 Å². The van der Waals surface area contributed by atoms with Crippen molar-refractivity contribution in [1.29, 1.82) is 5.26 Å². The molecule has 1 aromatic rings. The minimum absolute atomic E-state index is 0.0401. The van der Waals surface area contributed by atoms with Crippen molar-refractivity contribution in [3.05, 3.63) is 16.0 Å². The fourth-order valence-corrected chi connectivity index (χ4v) is 4.11. The van der Waals surface area contributed by atoms with Gasteiger partial charge < -0.3 is 5.32 Å². The highest BCUT2D eigenvalue weighted by atomic mass is 32.1. The topological polar surface area (TPSA) is 52.9 Å². The third-order valence-electron chi connectivity index (χ3n) is 4.43. The highest BCUT2D eigenvalue weighted by molar-refractivity contribution is 7.16. The molecule has 0 saturated heterocycles. The van der Waals surface area contributed by atoms with Crippen molar-refractivity contribution >= 4 is 22.2 Å². The van der Waals surface area contributed by atoms with E-state index in [4.69, 9.17) is 0 Å². The summed E-state index contributed by atoms with van der Waals surface area (Å²) in [5.41, 5.74) is 1.72. The average molecular weight is 349 g/mol. The maximum absolute atomic E-state index is 12.1. The quantitative estimate of drug-likeness (QED) is 0.447. The first kappa shape index (κ1) is 20.7. The Morgan fingerprint density at radius 1 is 1.04 bits per heavy atom. The highest BCUT2D eigenvalue weighted by Crippen LogP contribution is 2.32. The van der Waals surface area contributed by atoms with Crippen molar-refractivity contribution in [2.45, 2.75) is 91.4 Å². The Labute approximate surface area is 151 Å². The average Bonchev–Trinajstić information content (AvgIpc) is 2.87. The summed E-state index contributed by atoms with van der Waals surface area (Å²) < 4.78 is 0. The lowest BCUT2D eigenvalue weighted by Gasteiger charge is -2.04. The number of anilines is 1. The smallest absolute Gasteiger partial charge is 0.225 e. The van der Waals surface area contributed by atoms with Crippen molar-refractivity contribution in [2.24, 2.45) is 0 Å². The normalized spacial score (nSPS) is 10.6. The Morgan fingerprint density at radius 2 is 1.62 bits per heavy atom. The van der Waals surface area contributed by atoms with Crippen molar-refractivity contribution in [1.82, 2.24) is 0 Å². The molecule has 1 rings (SSSR count). The van der Waals surface area contributed by atoms with Gasteiger partial charge in [0.2, 0.25) is 5.91 Å². The van der Waals surface area contributed by atoms with E-state index in [1.807, 2.05) is 13.8 Å². The van der Waals surface area contributed by atoms with E-state index in [9.17, 15) is 10.1 Å². The van der Waals surface area contributed by atoms with Gasteiger partial charge in [0.05, 0.1) is 5.56 Å². The number of carbonyl (C=O) groups excluding carboxylic acids is 1. The Morgan fingerprint density at radius 3 is 2.17 bits per heavy atom. The molecular formula is C20H32N2OS. The predicted octanol–water partition coefficient (Wildman–Crippen LogP) is 6.35. The van der Waals surface area contributed by atoms with Crippen LogP contribution in [-0.4, -0.2) is 5.91 Å². The number of amides is 1. The molecule has 0 bridgehead atoms. The summed E-state index contributed by atoms with van der Waals surface area (Å²) in [5, 5.41) is 13.0. The molecule has 0 aliphatic carbocycles. The van der Waals surface area contributed by atoms with Crippen LogP contribution in [0.3, 0.4) is 0 Å². The van der Waals surface area contributed by atoms with Gasteiger partial charge in [-0.25, -0.2) is 0 Å². The molecule has 0 aromatic carbocycles. The van der Waals surface area contributed by atoms with Crippen LogP contribution in [0.25, 0.3) is 0 Å². The van der Waals surface area contributed by atoms with E-state index >= 15 is 0 Å².